The second kappa shape index (κ2) is 6.41. The molecule has 1 fully saturated rings. The maximum atomic E-state index is 12.1. The Morgan fingerprint density at radius 1 is 1.23 bits per heavy atom. The van der Waals surface area contributed by atoms with E-state index in [-0.39, 0.29) is 18.1 Å². The molecule has 2 atom stereocenters. The highest BCUT2D eigenvalue weighted by Gasteiger charge is 2.25. The fraction of sp³-hybridized carbons (Fsp3) is 0.400. The Morgan fingerprint density at radius 2 is 1.91 bits per heavy atom. The number of ether oxygens (including phenoxy) is 1. The van der Waals surface area contributed by atoms with E-state index < -0.39 is 0 Å². The van der Waals surface area contributed by atoms with Crippen molar-refractivity contribution in [1.29, 1.82) is 0 Å². The van der Waals surface area contributed by atoms with E-state index in [2.05, 4.69) is 20.4 Å². The summed E-state index contributed by atoms with van der Waals surface area (Å²) in [6.07, 6.45) is 0.324. The number of benzene rings is 1. The van der Waals surface area contributed by atoms with Gasteiger partial charge >= 0.3 is 0 Å². The van der Waals surface area contributed by atoms with Gasteiger partial charge in [-0.3, -0.25) is 10.1 Å². The maximum Gasteiger partial charge on any atom is 0.257 e. The van der Waals surface area contributed by atoms with Crippen molar-refractivity contribution in [1.82, 2.24) is 10.2 Å². The Bertz CT molecular complexity index is 636. The topological polar surface area (TPSA) is 67.4 Å². The van der Waals surface area contributed by atoms with E-state index in [4.69, 9.17) is 4.74 Å². The van der Waals surface area contributed by atoms with Crippen LogP contribution < -0.4 is 10.2 Å². The molecule has 0 saturated carbocycles. The van der Waals surface area contributed by atoms with Crippen molar-refractivity contribution in [3.05, 3.63) is 35.9 Å². The monoisotopic (exact) mass is 318 g/mol. The van der Waals surface area contributed by atoms with Crippen LogP contribution in [0.2, 0.25) is 0 Å². The van der Waals surface area contributed by atoms with Crippen LogP contribution in [0, 0.1) is 0 Å². The van der Waals surface area contributed by atoms with Gasteiger partial charge in [0.15, 0.2) is 0 Å². The van der Waals surface area contributed by atoms with Crippen molar-refractivity contribution in [2.75, 3.05) is 23.3 Å². The number of hydrogen-bond donors (Lipinski definition) is 1. The van der Waals surface area contributed by atoms with Crippen molar-refractivity contribution >= 4 is 27.5 Å². The highest BCUT2D eigenvalue weighted by atomic mass is 32.1. The third kappa shape index (κ3) is 3.42. The van der Waals surface area contributed by atoms with E-state index in [9.17, 15) is 4.79 Å². The second-order valence-electron chi connectivity index (χ2n) is 5.37. The summed E-state index contributed by atoms with van der Waals surface area (Å²) in [5.41, 5.74) is 0.605. The normalized spacial score (nSPS) is 21.6. The van der Waals surface area contributed by atoms with Crippen LogP contribution in [0.15, 0.2) is 30.3 Å². The van der Waals surface area contributed by atoms with Gasteiger partial charge in [-0.25, -0.2) is 0 Å². The van der Waals surface area contributed by atoms with E-state index in [1.54, 1.807) is 12.1 Å². The average Bonchev–Trinajstić information content (AvgIpc) is 2.96. The number of nitrogens with zero attached hydrogens (tertiary/aromatic N) is 3. The molecule has 2 aromatic rings. The van der Waals surface area contributed by atoms with Crippen molar-refractivity contribution in [2.24, 2.45) is 0 Å². The SMILES string of the molecule is C[C@@H]1CN(c2nnc(NC(=O)c3ccccc3)s2)C[C@H](C)O1. The zero-order chi connectivity index (χ0) is 15.5. The molecule has 1 aromatic carbocycles. The molecular weight excluding hydrogens is 300 g/mol. The van der Waals surface area contributed by atoms with Crippen LogP contribution >= 0.6 is 11.3 Å². The summed E-state index contributed by atoms with van der Waals surface area (Å²) in [6.45, 7) is 5.65. The Labute approximate surface area is 133 Å². The summed E-state index contributed by atoms with van der Waals surface area (Å²) in [5.74, 6) is -0.174. The summed E-state index contributed by atoms with van der Waals surface area (Å²) in [5, 5.41) is 12.3. The predicted octanol–water partition coefficient (Wildman–Crippen LogP) is 2.40. The summed E-state index contributed by atoms with van der Waals surface area (Å²) in [6, 6.07) is 9.07. The van der Waals surface area contributed by atoms with Gasteiger partial charge < -0.3 is 9.64 Å². The first-order valence-corrected chi connectivity index (χ1v) is 8.04. The molecule has 1 saturated heterocycles. The molecule has 1 amide bonds. The van der Waals surface area contributed by atoms with Gasteiger partial charge in [0.1, 0.15) is 0 Å². The molecule has 1 N–H and O–H groups in total. The third-order valence-electron chi connectivity index (χ3n) is 3.36. The van der Waals surface area contributed by atoms with E-state index in [0.29, 0.717) is 10.7 Å². The zero-order valence-electron chi connectivity index (χ0n) is 12.5. The standard InChI is InChI=1S/C15H18N4O2S/c1-10-8-19(9-11(2)21-10)15-18-17-14(22-15)16-13(20)12-6-4-3-5-7-12/h3-7,10-11H,8-9H2,1-2H3,(H,16,17,20)/t10-,11+. The van der Waals surface area contributed by atoms with Crippen molar-refractivity contribution in [2.45, 2.75) is 26.1 Å². The predicted molar refractivity (Wildman–Crippen MR) is 86.5 cm³/mol. The van der Waals surface area contributed by atoms with Crippen LogP contribution in [0.25, 0.3) is 0 Å². The molecule has 0 bridgehead atoms. The summed E-state index contributed by atoms with van der Waals surface area (Å²) < 4.78 is 5.71. The van der Waals surface area contributed by atoms with Gasteiger partial charge in [-0.1, -0.05) is 29.5 Å². The molecule has 0 radical (unpaired) electrons. The number of carbonyl (C=O) groups excluding carboxylic acids is 1. The van der Waals surface area contributed by atoms with E-state index in [1.807, 2.05) is 32.0 Å². The molecule has 116 valence electrons. The van der Waals surface area contributed by atoms with Crippen LogP contribution in [0.1, 0.15) is 24.2 Å². The first kappa shape index (κ1) is 14.9. The molecule has 1 aliphatic rings. The van der Waals surface area contributed by atoms with Crippen molar-refractivity contribution < 1.29 is 9.53 Å². The van der Waals surface area contributed by atoms with Crippen LogP contribution in [0.4, 0.5) is 10.3 Å². The minimum Gasteiger partial charge on any atom is -0.372 e. The van der Waals surface area contributed by atoms with Crippen LogP contribution in [-0.2, 0) is 4.74 Å². The number of nitrogens with one attached hydrogen (secondary N) is 1. The summed E-state index contributed by atoms with van der Waals surface area (Å²) >= 11 is 1.38. The van der Waals surface area contributed by atoms with Gasteiger partial charge in [-0.2, -0.15) is 0 Å². The van der Waals surface area contributed by atoms with Crippen LogP contribution in [0.3, 0.4) is 0 Å². The smallest absolute Gasteiger partial charge is 0.257 e. The quantitative estimate of drug-likeness (QED) is 0.941. The lowest BCUT2D eigenvalue weighted by Gasteiger charge is -2.34. The van der Waals surface area contributed by atoms with Crippen molar-refractivity contribution in [3.8, 4) is 0 Å². The second-order valence-corrected chi connectivity index (χ2v) is 6.33. The molecule has 2 heterocycles. The average molecular weight is 318 g/mol. The fourth-order valence-corrected chi connectivity index (χ4v) is 3.24. The number of anilines is 2. The zero-order valence-corrected chi connectivity index (χ0v) is 13.3. The van der Waals surface area contributed by atoms with Crippen LogP contribution in [0.5, 0.6) is 0 Å². The molecule has 22 heavy (non-hydrogen) atoms. The van der Waals surface area contributed by atoms with Gasteiger partial charge in [0.25, 0.3) is 5.91 Å². The number of hydrogen-bond acceptors (Lipinski definition) is 6. The number of morpholine rings is 1. The van der Waals surface area contributed by atoms with E-state index in [1.165, 1.54) is 11.3 Å². The number of rotatable bonds is 3. The first-order chi connectivity index (χ1) is 10.6. The number of aromatic nitrogens is 2. The number of amides is 1. The van der Waals surface area contributed by atoms with Gasteiger partial charge in [-0.15, -0.1) is 10.2 Å². The molecule has 7 heteroatoms. The lowest BCUT2D eigenvalue weighted by atomic mass is 10.2. The highest BCUT2D eigenvalue weighted by molar-refractivity contribution is 7.19. The van der Waals surface area contributed by atoms with E-state index in [0.717, 1.165) is 18.2 Å². The molecule has 0 spiro atoms. The summed E-state index contributed by atoms with van der Waals surface area (Å²) in [7, 11) is 0. The Balaban J connectivity index is 1.67. The molecule has 0 unspecified atom stereocenters. The van der Waals surface area contributed by atoms with Crippen molar-refractivity contribution in [3.63, 3.8) is 0 Å². The fourth-order valence-electron chi connectivity index (χ4n) is 2.49. The Hall–Kier alpha value is -1.99. The van der Waals surface area contributed by atoms with Gasteiger partial charge in [-0.05, 0) is 26.0 Å². The van der Waals surface area contributed by atoms with Gasteiger partial charge in [0, 0.05) is 18.7 Å². The number of carbonyl (C=O) groups is 1. The maximum absolute atomic E-state index is 12.1. The van der Waals surface area contributed by atoms with Gasteiger partial charge in [0.05, 0.1) is 12.2 Å². The van der Waals surface area contributed by atoms with Crippen LogP contribution in [-0.4, -0.2) is 41.4 Å². The molecule has 6 nitrogen and oxygen atoms in total. The molecule has 1 aliphatic heterocycles. The largest absolute Gasteiger partial charge is 0.372 e. The Kier molecular flexibility index (Phi) is 4.35. The van der Waals surface area contributed by atoms with Gasteiger partial charge in [0.2, 0.25) is 10.3 Å². The summed E-state index contributed by atoms with van der Waals surface area (Å²) in [4.78, 5) is 14.2. The third-order valence-corrected chi connectivity index (χ3v) is 4.26. The van der Waals surface area contributed by atoms with E-state index >= 15 is 0 Å². The molecule has 1 aromatic heterocycles. The molecule has 0 aliphatic carbocycles. The minimum atomic E-state index is -0.174. The first-order valence-electron chi connectivity index (χ1n) is 7.22. The lowest BCUT2D eigenvalue weighted by molar-refractivity contribution is -0.00526. The molecule has 3 rings (SSSR count). The lowest BCUT2D eigenvalue weighted by Crippen LogP contribution is -2.45. The highest BCUT2D eigenvalue weighted by Crippen LogP contribution is 2.27. The molecular formula is C15H18N4O2S. The minimum absolute atomic E-state index is 0.162. The Morgan fingerprint density at radius 3 is 2.59 bits per heavy atom.